The highest BCUT2D eigenvalue weighted by atomic mass is 16.5. The third-order valence-corrected chi connectivity index (χ3v) is 4.04. The molecule has 0 fully saturated rings. The molecule has 0 N–H and O–H groups in total. The van der Waals surface area contributed by atoms with E-state index in [1.165, 1.54) is 16.8 Å². The second-order valence-corrected chi connectivity index (χ2v) is 5.95. The van der Waals surface area contributed by atoms with Crippen molar-refractivity contribution < 1.29 is 4.74 Å². The Morgan fingerprint density at radius 3 is 2.91 bits per heavy atom. The standard InChI is InChI=1S/C17H24N4O/c1-4-21-12-14(10-18-21)11-20-7-8-22-17-6-5-16(19(2)3)9-15(17)13-20/h5-6,9-10,12H,4,7-8,11,13H2,1-3H3. The molecule has 0 aliphatic carbocycles. The highest BCUT2D eigenvalue weighted by Crippen LogP contribution is 2.28. The molecule has 0 amide bonds. The molecule has 0 atom stereocenters. The zero-order valence-corrected chi connectivity index (χ0v) is 13.6. The van der Waals surface area contributed by atoms with Crippen molar-refractivity contribution in [1.82, 2.24) is 14.7 Å². The summed E-state index contributed by atoms with van der Waals surface area (Å²) in [6.07, 6.45) is 4.09. The fraction of sp³-hybridized carbons (Fsp3) is 0.471. The summed E-state index contributed by atoms with van der Waals surface area (Å²) in [7, 11) is 4.13. The summed E-state index contributed by atoms with van der Waals surface area (Å²) in [6.45, 7) is 6.51. The quantitative estimate of drug-likeness (QED) is 0.868. The molecule has 118 valence electrons. The molecule has 1 aliphatic heterocycles. The highest BCUT2D eigenvalue weighted by molar-refractivity contribution is 5.52. The number of rotatable bonds is 4. The van der Waals surface area contributed by atoms with Gasteiger partial charge < -0.3 is 9.64 Å². The molecular weight excluding hydrogens is 276 g/mol. The van der Waals surface area contributed by atoms with Crippen molar-refractivity contribution in [2.24, 2.45) is 0 Å². The lowest BCUT2D eigenvalue weighted by molar-refractivity contribution is 0.219. The minimum Gasteiger partial charge on any atom is -0.492 e. The number of aromatic nitrogens is 2. The van der Waals surface area contributed by atoms with Crippen LogP contribution in [0, 0.1) is 0 Å². The third-order valence-electron chi connectivity index (χ3n) is 4.04. The summed E-state index contributed by atoms with van der Waals surface area (Å²) in [5, 5.41) is 4.36. The van der Waals surface area contributed by atoms with E-state index in [0.717, 1.165) is 38.5 Å². The average Bonchev–Trinajstić information content (AvgIpc) is 2.86. The predicted molar refractivity (Wildman–Crippen MR) is 88.3 cm³/mol. The van der Waals surface area contributed by atoms with Gasteiger partial charge in [0.2, 0.25) is 0 Å². The van der Waals surface area contributed by atoms with E-state index >= 15 is 0 Å². The number of aryl methyl sites for hydroxylation is 1. The first kappa shape index (κ1) is 14.9. The second-order valence-electron chi connectivity index (χ2n) is 5.95. The number of benzene rings is 1. The van der Waals surface area contributed by atoms with Gasteiger partial charge in [0.05, 0.1) is 6.20 Å². The number of fused-ring (bicyclic) bond motifs is 1. The van der Waals surface area contributed by atoms with Crippen molar-refractivity contribution in [2.75, 3.05) is 32.1 Å². The smallest absolute Gasteiger partial charge is 0.124 e. The summed E-state index contributed by atoms with van der Waals surface area (Å²) in [5.41, 5.74) is 3.73. The van der Waals surface area contributed by atoms with Gasteiger partial charge in [-0.2, -0.15) is 5.10 Å². The molecule has 22 heavy (non-hydrogen) atoms. The zero-order valence-electron chi connectivity index (χ0n) is 13.6. The lowest BCUT2D eigenvalue weighted by Crippen LogP contribution is -2.25. The van der Waals surface area contributed by atoms with Gasteiger partial charge in [0.1, 0.15) is 12.4 Å². The molecule has 1 aromatic carbocycles. The van der Waals surface area contributed by atoms with Crippen LogP contribution >= 0.6 is 0 Å². The molecule has 3 rings (SSSR count). The van der Waals surface area contributed by atoms with Crippen molar-refractivity contribution in [3.63, 3.8) is 0 Å². The van der Waals surface area contributed by atoms with Crippen LogP contribution in [-0.4, -0.2) is 41.9 Å². The molecule has 0 saturated heterocycles. The first-order chi connectivity index (χ1) is 10.7. The average molecular weight is 300 g/mol. The maximum atomic E-state index is 5.90. The van der Waals surface area contributed by atoms with Gasteiger partial charge in [-0.05, 0) is 25.1 Å². The van der Waals surface area contributed by atoms with Gasteiger partial charge in [-0.15, -0.1) is 0 Å². The van der Waals surface area contributed by atoms with E-state index in [1.807, 2.05) is 10.9 Å². The van der Waals surface area contributed by atoms with Crippen LogP contribution in [0.2, 0.25) is 0 Å². The molecule has 0 unspecified atom stereocenters. The molecule has 0 radical (unpaired) electrons. The van der Waals surface area contributed by atoms with E-state index in [2.05, 4.69) is 60.3 Å². The minimum atomic E-state index is 0.732. The van der Waals surface area contributed by atoms with Gasteiger partial charge in [-0.25, -0.2) is 0 Å². The Morgan fingerprint density at radius 2 is 2.18 bits per heavy atom. The topological polar surface area (TPSA) is 33.5 Å². The molecule has 5 heteroatoms. The van der Waals surface area contributed by atoms with Crippen molar-refractivity contribution in [3.05, 3.63) is 41.7 Å². The molecular formula is C17H24N4O. The number of ether oxygens (including phenoxy) is 1. The third kappa shape index (κ3) is 3.25. The number of hydrogen-bond donors (Lipinski definition) is 0. The van der Waals surface area contributed by atoms with Crippen LogP contribution in [0.4, 0.5) is 5.69 Å². The first-order valence-corrected chi connectivity index (χ1v) is 7.82. The minimum absolute atomic E-state index is 0.732. The molecule has 0 bridgehead atoms. The molecule has 2 heterocycles. The molecule has 0 spiro atoms. The monoisotopic (exact) mass is 300 g/mol. The van der Waals surface area contributed by atoms with Crippen molar-refractivity contribution in [2.45, 2.75) is 26.6 Å². The van der Waals surface area contributed by atoms with E-state index < -0.39 is 0 Å². The van der Waals surface area contributed by atoms with Crippen LogP contribution in [-0.2, 0) is 19.6 Å². The normalized spacial score (nSPS) is 15.0. The Bertz CT molecular complexity index is 635. The summed E-state index contributed by atoms with van der Waals surface area (Å²) in [6, 6.07) is 6.42. The lowest BCUT2D eigenvalue weighted by atomic mass is 10.1. The first-order valence-electron chi connectivity index (χ1n) is 7.82. The van der Waals surface area contributed by atoms with Gasteiger partial charge >= 0.3 is 0 Å². The van der Waals surface area contributed by atoms with Crippen LogP contribution in [0.5, 0.6) is 5.75 Å². The SMILES string of the molecule is CCn1cc(CN2CCOc3ccc(N(C)C)cc3C2)cn1. The van der Waals surface area contributed by atoms with Crippen LogP contribution in [0.1, 0.15) is 18.1 Å². The molecule has 1 aliphatic rings. The Hall–Kier alpha value is -2.01. The van der Waals surface area contributed by atoms with Gasteiger partial charge in [-0.3, -0.25) is 9.58 Å². The highest BCUT2D eigenvalue weighted by Gasteiger charge is 2.17. The van der Waals surface area contributed by atoms with Crippen molar-refractivity contribution in [1.29, 1.82) is 0 Å². The fourth-order valence-electron chi connectivity index (χ4n) is 2.77. The Kier molecular flexibility index (Phi) is 4.34. The van der Waals surface area contributed by atoms with Crippen LogP contribution in [0.15, 0.2) is 30.6 Å². The maximum absolute atomic E-state index is 5.90. The van der Waals surface area contributed by atoms with Crippen LogP contribution < -0.4 is 9.64 Å². The molecule has 0 saturated carbocycles. The van der Waals surface area contributed by atoms with Gasteiger partial charge in [0.25, 0.3) is 0 Å². The van der Waals surface area contributed by atoms with Gasteiger partial charge in [0, 0.05) is 63.3 Å². The van der Waals surface area contributed by atoms with E-state index in [1.54, 1.807) is 0 Å². The predicted octanol–water partition coefficient (Wildman–Crippen LogP) is 2.36. The van der Waals surface area contributed by atoms with Gasteiger partial charge in [0.15, 0.2) is 0 Å². The van der Waals surface area contributed by atoms with E-state index in [0.29, 0.717) is 0 Å². The van der Waals surface area contributed by atoms with Gasteiger partial charge in [-0.1, -0.05) is 0 Å². The zero-order chi connectivity index (χ0) is 15.5. The van der Waals surface area contributed by atoms with Crippen molar-refractivity contribution in [3.8, 4) is 5.75 Å². The molecule has 1 aromatic heterocycles. The van der Waals surface area contributed by atoms with Crippen LogP contribution in [0.3, 0.4) is 0 Å². The maximum Gasteiger partial charge on any atom is 0.124 e. The van der Waals surface area contributed by atoms with E-state index in [4.69, 9.17) is 4.74 Å². The number of hydrogen-bond acceptors (Lipinski definition) is 4. The number of anilines is 1. The van der Waals surface area contributed by atoms with E-state index in [9.17, 15) is 0 Å². The second kappa shape index (κ2) is 6.40. The lowest BCUT2D eigenvalue weighted by Gasteiger charge is -2.19. The Labute approximate surface area is 132 Å². The molecule has 5 nitrogen and oxygen atoms in total. The van der Waals surface area contributed by atoms with Crippen LogP contribution in [0.25, 0.3) is 0 Å². The summed E-state index contributed by atoms with van der Waals surface area (Å²) < 4.78 is 7.87. The summed E-state index contributed by atoms with van der Waals surface area (Å²) in [4.78, 5) is 4.54. The summed E-state index contributed by atoms with van der Waals surface area (Å²) in [5.74, 6) is 1.01. The number of nitrogens with zero attached hydrogens (tertiary/aromatic N) is 4. The Balaban J connectivity index is 1.76. The Morgan fingerprint density at radius 1 is 1.32 bits per heavy atom. The molecule has 2 aromatic rings. The fourth-order valence-corrected chi connectivity index (χ4v) is 2.77. The van der Waals surface area contributed by atoms with Crippen molar-refractivity contribution >= 4 is 5.69 Å². The summed E-state index contributed by atoms with van der Waals surface area (Å²) >= 11 is 0. The van der Waals surface area contributed by atoms with E-state index in [-0.39, 0.29) is 0 Å². The largest absolute Gasteiger partial charge is 0.492 e.